The van der Waals surface area contributed by atoms with Gasteiger partial charge in [0.2, 0.25) is 0 Å². The molecule has 0 aliphatic carbocycles. The van der Waals surface area contributed by atoms with Crippen molar-refractivity contribution in [2.45, 2.75) is 33.0 Å². The molecule has 0 amide bonds. The van der Waals surface area contributed by atoms with Gasteiger partial charge in [-0.25, -0.2) is 4.98 Å². The molecule has 1 heterocycles. The van der Waals surface area contributed by atoms with Gasteiger partial charge in [-0.05, 0) is 32.4 Å². The van der Waals surface area contributed by atoms with Crippen LogP contribution in [0.3, 0.4) is 0 Å². The minimum Gasteiger partial charge on any atom is -0.345 e. The lowest BCUT2D eigenvalue weighted by Crippen LogP contribution is -2.40. The van der Waals surface area contributed by atoms with Crippen LogP contribution in [0.4, 0.5) is 19.0 Å². The molecule has 0 spiro atoms. The molecule has 1 rings (SSSR count). The number of carbonyl (C=O) groups is 1. The molecular weight excluding hydrogens is 245 g/mol. The average Bonchev–Trinajstić information content (AvgIpc) is 2.24. The van der Waals surface area contributed by atoms with Crippen molar-refractivity contribution in [3.05, 3.63) is 23.4 Å². The number of aromatic nitrogens is 1. The van der Waals surface area contributed by atoms with Gasteiger partial charge in [0.15, 0.2) is 6.29 Å². The number of halogens is 3. The van der Waals surface area contributed by atoms with Crippen LogP contribution in [0.5, 0.6) is 0 Å². The van der Waals surface area contributed by atoms with Crippen molar-refractivity contribution >= 4 is 12.1 Å². The first-order valence-electron chi connectivity index (χ1n) is 5.50. The van der Waals surface area contributed by atoms with Crippen LogP contribution in [0.1, 0.15) is 29.8 Å². The number of alkyl halides is 3. The molecule has 0 unspecified atom stereocenters. The van der Waals surface area contributed by atoms with Crippen LogP contribution < -0.4 is 4.90 Å². The maximum absolute atomic E-state index is 12.5. The van der Waals surface area contributed by atoms with Gasteiger partial charge < -0.3 is 4.90 Å². The third-order valence-corrected chi connectivity index (χ3v) is 2.45. The van der Waals surface area contributed by atoms with E-state index in [4.69, 9.17) is 0 Å². The highest BCUT2D eigenvalue weighted by Crippen LogP contribution is 2.25. The molecule has 1 aromatic heterocycles. The molecule has 0 saturated carbocycles. The second-order valence-corrected chi connectivity index (χ2v) is 4.36. The third-order valence-electron chi connectivity index (χ3n) is 2.45. The zero-order valence-corrected chi connectivity index (χ0v) is 10.5. The molecule has 0 aliphatic rings. The van der Waals surface area contributed by atoms with Gasteiger partial charge in [0.05, 0.1) is 0 Å². The Morgan fingerprint density at radius 2 is 2.06 bits per heavy atom. The van der Waals surface area contributed by atoms with Crippen LogP contribution in [0.25, 0.3) is 0 Å². The van der Waals surface area contributed by atoms with E-state index in [0.717, 1.165) is 0 Å². The van der Waals surface area contributed by atoms with E-state index >= 15 is 0 Å². The summed E-state index contributed by atoms with van der Waals surface area (Å²) in [5.74, 6) is 0.257. The van der Waals surface area contributed by atoms with E-state index in [2.05, 4.69) is 4.98 Å². The zero-order valence-electron chi connectivity index (χ0n) is 10.5. The number of hydrogen-bond acceptors (Lipinski definition) is 3. The van der Waals surface area contributed by atoms with E-state index in [-0.39, 0.29) is 11.9 Å². The van der Waals surface area contributed by atoms with E-state index in [1.165, 1.54) is 17.2 Å². The fourth-order valence-corrected chi connectivity index (χ4v) is 1.65. The average molecular weight is 260 g/mol. The van der Waals surface area contributed by atoms with Gasteiger partial charge in [0.25, 0.3) is 0 Å². The van der Waals surface area contributed by atoms with Crippen molar-refractivity contribution in [2.75, 3.05) is 11.4 Å². The molecule has 0 N–H and O–H groups in total. The first-order valence-corrected chi connectivity index (χ1v) is 5.50. The molecular formula is C12H15F3N2O. The van der Waals surface area contributed by atoms with Crippen molar-refractivity contribution in [3.8, 4) is 0 Å². The van der Waals surface area contributed by atoms with E-state index < -0.39 is 12.7 Å². The fourth-order valence-electron chi connectivity index (χ4n) is 1.65. The summed E-state index contributed by atoms with van der Waals surface area (Å²) in [7, 11) is 0. The van der Waals surface area contributed by atoms with Crippen LogP contribution in [-0.4, -0.2) is 30.0 Å². The lowest BCUT2D eigenvalue weighted by atomic mass is 10.2. The van der Waals surface area contributed by atoms with Crippen molar-refractivity contribution in [2.24, 2.45) is 0 Å². The molecule has 1 aromatic rings. The first-order chi connectivity index (χ1) is 8.24. The molecule has 0 aromatic carbocycles. The number of pyridine rings is 1. The summed E-state index contributed by atoms with van der Waals surface area (Å²) in [6.07, 6.45) is -2.39. The Hall–Kier alpha value is -1.59. The number of aldehydes is 1. The maximum Gasteiger partial charge on any atom is 0.405 e. The number of nitrogens with zero attached hydrogens (tertiary/aromatic N) is 2. The normalized spacial score (nSPS) is 11.7. The number of carbonyl (C=O) groups excluding carboxylic acids is 1. The SMILES string of the molecule is Cc1cc(C=O)cnc1N(CC(F)(F)F)C(C)C. The molecule has 0 aliphatic heterocycles. The van der Waals surface area contributed by atoms with E-state index in [1.54, 1.807) is 20.8 Å². The summed E-state index contributed by atoms with van der Waals surface area (Å²) in [5, 5.41) is 0. The monoisotopic (exact) mass is 260 g/mol. The lowest BCUT2D eigenvalue weighted by Gasteiger charge is -2.30. The predicted octanol–water partition coefficient (Wildman–Crippen LogP) is 2.98. The zero-order chi connectivity index (χ0) is 13.9. The standard InChI is InChI=1S/C12H15F3N2O/c1-8(2)17(7-12(13,14)15)11-9(3)4-10(6-18)5-16-11/h4-6,8H,7H2,1-3H3. The van der Waals surface area contributed by atoms with Gasteiger partial charge in [0, 0.05) is 17.8 Å². The smallest absolute Gasteiger partial charge is 0.345 e. The molecule has 0 atom stereocenters. The quantitative estimate of drug-likeness (QED) is 0.780. The molecule has 6 heteroatoms. The van der Waals surface area contributed by atoms with Gasteiger partial charge in [0.1, 0.15) is 12.4 Å². The molecule has 0 bridgehead atoms. The van der Waals surface area contributed by atoms with Crippen LogP contribution >= 0.6 is 0 Å². The second-order valence-electron chi connectivity index (χ2n) is 4.36. The van der Waals surface area contributed by atoms with Crippen LogP contribution in [0.15, 0.2) is 12.3 Å². The van der Waals surface area contributed by atoms with Crippen LogP contribution in [0, 0.1) is 6.92 Å². The Morgan fingerprint density at radius 3 is 2.44 bits per heavy atom. The van der Waals surface area contributed by atoms with Crippen molar-refractivity contribution < 1.29 is 18.0 Å². The molecule has 0 saturated heterocycles. The van der Waals surface area contributed by atoms with Crippen molar-refractivity contribution in [3.63, 3.8) is 0 Å². The fraction of sp³-hybridized carbons (Fsp3) is 0.500. The number of rotatable bonds is 4. The molecule has 0 fully saturated rings. The van der Waals surface area contributed by atoms with E-state index in [1.807, 2.05) is 0 Å². The lowest BCUT2D eigenvalue weighted by molar-refractivity contribution is -0.120. The summed E-state index contributed by atoms with van der Waals surface area (Å²) in [6.45, 7) is 3.92. The third kappa shape index (κ3) is 3.72. The van der Waals surface area contributed by atoms with Crippen LogP contribution in [-0.2, 0) is 0 Å². The predicted molar refractivity (Wildman–Crippen MR) is 62.9 cm³/mol. The maximum atomic E-state index is 12.5. The highest BCUT2D eigenvalue weighted by Gasteiger charge is 2.33. The Kier molecular flexibility index (Phi) is 4.32. The Balaban J connectivity index is 3.10. The first kappa shape index (κ1) is 14.5. The van der Waals surface area contributed by atoms with Gasteiger partial charge in [-0.2, -0.15) is 13.2 Å². The summed E-state index contributed by atoms with van der Waals surface area (Å²) < 4.78 is 37.5. The Morgan fingerprint density at radius 1 is 1.44 bits per heavy atom. The van der Waals surface area contributed by atoms with Gasteiger partial charge in [-0.3, -0.25) is 4.79 Å². The molecule has 18 heavy (non-hydrogen) atoms. The van der Waals surface area contributed by atoms with E-state index in [9.17, 15) is 18.0 Å². The van der Waals surface area contributed by atoms with Crippen molar-refractivity contribution in [1.82, 2.24) is 4.98 Å². The summed E-state index contributed by atoms with van der Waals surface area (Å²) in [6, 6.07) is 1.20. The summed E-state index contributed by atoms with van der Waals surface area (Å²) >= 11 is 0. The number of anilines is 1. The van der Waals surface area contributed by atoms with Gasteiger partial charge in [-0.1, -0.05) is 0 Å². The van der Waals surface area contributed by atoms with Crippen LogP contribution in [0.2, 0.25) is 0 Å². The topological polar surface area (TPSA) is 33.2 Å². The number of hydrogen-bond donors (Lipinski definition) is 0. The number of aryl methyl sites for hydroxylation is 1. The summed E-state index contributed by atoms with van der Waals surface area (Å²) in [5.41, 5.74) is 0.907. The van der Waals surface area contributed by atoms with Gasteiger partial charge in [-0.15, -0.1) is 0 Å². The Labute approximate surface area is 104 Å². The van der Waals surface area contributed by atoms with E-state index in [0.29, 0.717) is 17.4 Å². The largest absolute Gasteiger partial charge is 0.405 e. The molecule has 3 nitrogen and oxygen atoms in total. The minimum atomic E-state index is -4.29. The summed E-state index contributed by atoms with van der Waals surface area (Å²) in [4.78, 5) is 15.7. The molecule has 100 valence electrons. The Bertz CT molecular complexity index is 430. The van der Waals surface area contributed by atoms with Gasteiger partial charge >= 0.3 is 6.18 Å². The van der Waals surface area contributed by atoms with Crippen molar-refractivity contribution in [1.29, 1.82) is 0 Å². The molecule has 0 radical (unpaired) electrons. The second kappa shape index (κ2) is 5.37. The highest BCUT2D eigenvalue weighted by molar-refractivity contribution is 5.75. The minimum absolute atomic E-state index is 0.257. The highest BCUT2D eigenvalue weighted by atomic mass is 19.4.